The van der Waals surface area contributed by atoms with Crippen molar-refractivity contribution >= 4 is 116 Å². The molecule has 0 bridgehead atoms. The van der Waals surface area contributed by atoms with E-state index in [0.717, 1.165) is 93.5 Å². The van der Waals surface area contributed by atoms with Gasteiger partial charge in [0.05, 0.1) is 0 Å². The van der Waals surface area contributed by atoms with E-state index in [1.807, 2.05) is 107 Å². The number of rotatable bonds is 13. The van der Waals surface area contributed by atoms with Crippen LogP contribution in [0.3, 0.4) is 0 Å². The van der Waals surface area contributed by atoms with Crippen LogP contribution in [0, 0.1) is 92.8 Å². The van der Waals surface area contributed by atoms with E-state index in [0.29, 0.717) is 34.0 Å². The molecule has 0 aromatic heterocycles. The molecule has 28 heteroatoms. The first-order chi connectivity index (χ1) is 53.5. The van der Waals surface area contributed by atoms with Crippen molar-refractivity contribution in [1.29, 1.82) is 0 Å². The van der Waals surface area contributed by atoms with Crippen LogP contribution in [0.2, 0.25) is 0 Å². The minimum atomic E-state index is -1.48. The third-order valence-electron chi connectivity index (χ3n) is 16.0. The molecular weight excluding hydrogens is 1760 g/mol. The largest absolute Gasteiger partial charge is 1.00 e. The van der Waals surface area contributed by atoms with E-state index in [4.69, 9.17) is 44.5 Å². The Labute approximate surface area is 781 Å². The number of aryl methyl sites for hydroxylation is 5. The van der Waals surface area contributed by atoms with Gasteiger partial charge in [0.25, 0.3) is 6.47 Å². The van der Waals surface area contributed by atoms with Gasteiger partial charge in [-0.2, -0.15) is 0 Å². The van der Waals surface area contributed by atoms with E-state index in [1.165, 1.54) is 60.2 Å². The van der Waals surface area contributed by atoms with Crippen molar-refractivity contribution < 1.29 is 198 Å². The number of halogens is 13. The molecule has 0 heterocycles. The van der Waals surface area contributed by atoms with Crippen molar-refractivity contribution in [1.82, 2.24) is 0 Å². The maximum absolute atomic E-state index is 13.8. The van der Waals surface area contributed by atoms with Crippen LogP contribution in [-0.4, -0.2) is 50.7 Å². The summed E-state index contributed by atoms with van der Waals surface area (Å²) in [5.41, 5.74) is 10.7. The summed E-state index contributed by atoms with van der Waals surface area (Å²) in [5.74, 6) is -6.18. The molecule has 0 unspecified atom stereocenters. The van der Waals surface area contributed by atoms with Crippen LogP contribution < -0.4 is 128 Å². The van der Waals surface area contributed by atoms with Gasteiger partial charge in [-0.3, -0.25) is 4.79 Å². The quantitative estimate of drug-likeness (QED) is 0.0219. The van der Waals surface area contributed by atoms with E-state index >= 15 is 0 Å². The minimum absolute atomic E-state index is 0. The first-order valence-corrected chi connectivity index (χ1v) is 36.5. The average Bonchev–Trinajstić information content (AvgIpc) is 0.783. The maximum atomic E-state index is 13.8. The zero-order valence-corrected chi connectivity index (χ0v) is 74.6. The topological polar surface area (TPSA) is 158 Å². The van der Waals surface area contributed by atoms with Gasteiger partial charge in [-0.1, -0.05) is 199 Å². The van der Waals surface area contributed by atoms with Gasteiger partial charge in [-0.15, -0.1) is 0 Å². The number of alkyl halides is 1. The van der Waals surface area contributed by atoms with Crippen molar-refractivity contribution in [2.24, 2.45) is 0 Å². The Morgan fingerprint density at radius 1 is 0.371 bits per heavy atom. The van der Waals surface area contributed by atoms with Gasteiger partial charge in [0.15, 0.2) is 81.2 Å². The standard InChI is InChI=1S/C24H17F3O.C14H14BFO3.C14H12BrFO.C11H8F2.C10H6F2O.C7H6Br2.C7H7FO.CH2O3.2B.2K.H/c1-15-2-11-23(22(26)12-15)28-14-16-3-5-17(6-4-16)18-7-9-20-19(13-18)8-10-21(25)24(20)27;1-10-2-7-14(13(16)8-10)19-9-11-3-5-12(6-4-11)15(17)18;1-10-2-7-14(13(16)8-10)17-9-11-3-5-12(15)6-4-11;1-7-2-4-9-8(6-7)3-5-10(12)11(9)13;11-9-4-1-6-5-7(13)2-3-8(6)10(9)12;8-5-6-1-3-7(9)4-2-6;1-5-2-3-7(9)6(8)4-5;2-1-4-3;;;;;/h2-13H,14H2,1H3;2-8,17-18H,9H2,1H3;2-8H,9H2,1H3;2-6H,1H3;1-5,13H;1-4H,5H2;2-4,9H,1H3;1,3H;;;;;/q;;;;;;;;;;2*+1;-1/p-1. The fourth-order valence-electron chi connectivity index (χ4n) is 10.1. The third-order valence-corrected chi connectivity index (χ3v) is 17.7. The maximum Gasteiger partial charge on any atom is 1.00 e. The number of phenolic OH excluding ortho intramolecular Hbond substituents is 2. The molecule has 14 rings (SSSR count). The molecule has 6 radical (unpaired) electrons. The SMILES string of the molecule is BrCc1ccc(Br)cc1.Cc1ccc(O)c(F)c1.Cc1ccc(OCc2ccc(-c3ccc4c(F)c(F)ccc4c3)cc2)c(F)c1.Cc1ccc(OCc2ccc(B(O)O)cc2)c(F)c1.Cc1ccc(OCc2ccc(Br)cc2)c(F)c1.Cc1ccc2c(F)c(F)ccc2c1.O=CO[O-].Oc1ccc2c(F)c(F)ccc2c1.[B].[B].[H-].[K+].[K+]. The first kappa shape index (κ1) is 103. The molecule has 14 aromatic rings. The molecular formula is C88H72B3Br3F10K2O10. The number of ether oxygens (including phenoxy) is 3. The molecule has 0 aliphatic rings. The molecule has 0 atom stereocenters. The van der Waals surface area contributed by atoms with Crippen LogP contribution in [-0.2, 0) is 34.8 Å². The molecule has 10 nitrogen and oxygen atoms in total. The predicted molar refractivity (Wildman–Crippen MR) is 440 cm³/mol. The number of benzene rings is 14. The smallest absolute Gasteiger partial charge is 1.00 e. The van der Waals surface area contributed by atoms with Crippen molar-refractivity contribution in [2.75, 3.05) is 0 Å². The van der Waals surface area contributed by atoms with E-state index in [9.17, 15) is 43.9 Å². The average molecular weight is 1830 g/mol. The molecule has 586 valence electrons. The monoisotopic (exact) mass is 1830 g/mol. The van der Waals surface area contributed by atoms with E-state index < -0.39 is 47.8 Å². The van der Waals surface area contributed by atoms with Gasteiger partial charge in [-0.25, -0.2) is 43.9 Å². The van der Waals surface area contributed by atoms with Crippen LogP contribution >= 0.6 is 47.8 Å². The van der Waals surface area contributed by atoms with E-state index in [1.54, 1.807) is 104 Å². The number of hydrogen-bond donors (Lipinski definition) is 4. The van der Waals surface area contributed by atoms with Gasteiger partial charge in [0.1, 0.15) is 25.6 Å². The number of carbonyl (C=O) groups excluding carboxylic acids is 1. The summed E-state index contributed by atoms with van der Waals surface area (Å²) in [6.07, 6.45) is 0. The van der Waals surface area contributed by atoms with Crippen LogP contribution in [0.15, 0.2) is 270 Å². The Balaban J connectivity index is 0.000000470. The summed E-state index contributed by atoms with van der Waals surface area (Å²) < 4.78 is 151. The summed E-state index contributed by atoms with van der Waals surface area (Å²) in [7, 11) is -1.48. The molecule has 14 aromatic carbocycles. The van der Waals surface area contributed by atoms with Crippen LogP contribution in [0.25, 0.3) is 43.4 Å². The van der Waals surface area contributed by atoms with Crippen molar-refractivity contribution in [3.05, 3.63) is 378 Å². The number of carbonyl (C=O) groups is 1. The summed E-state index contributed by atoms with van der Waals surface area (Å²) in [4.78, 5) is 11.2. The Bertz CT molecular complexity index is 5350. The Morgan fingerprint density at radius 2 is 0.681 bits per heavy atom. The van der Waals surface area contributed by atoms with E-state index in [2.05, 4.69) is 64.8 Å². The predicted octanol–water partition coefficient (Wildman–Crippen LogP) is 15.9. The van der Waals surface area contributed by atoms with Crippen LogP contribution in [0.1, 0.15) is 51.5 Å². The molecule has 0 fully saturated rings. The molecule has 0 spiro atoms. The fraction of sp³-hybridized carbons (Fsp3) is 0.102. The van der Waals surface area contributed by atoms with Gasteiger partial charge < -0.3 is 46.0 Å². The normalized spacial score (nSPS) is 9.91. The number of phenols is 2. The van der Waals surface area contributed by atoms with Crippen molar-refractivity contribution in [3.8, 4) is 39.9 Å². The van der Waals surface area contributed by atoms with Gasteiger partial charge >= 0.3 is 110 Å². The molecule has 0 amide bonds. The molecule has 0 saturated carbocycles. The second-order valence-electron chi connectivity index (χ2n) is 24.7. The molecule has 116 heavy (non-hydrogen) atoms. The van der Waals surface area contributed by atoms with Crippen molar-refractivity contribution in [2.45, 2.75) is 59.8 Å². The Morgan fingerprint density at radius 3 is 1.04 bits per heavy atom. The second kappa shape index (κ2) is 52.4. The Hall–Kier alpha value is -7.58. The Kier molecular flexibility index (Phi) is 46.3. The zero-order chi connectivity index (χ0) is 81.6. The third kappa shape index (κ3) is 33.3. The van der Waals surface area contributed by atoms with Crippen LogP contribution in [0.4, 0.5) is 43.9 Å². The number of fused-ring (bicyclic) bond motifs is 3. The van der Waals surface area contributed by atoms with Gasteiger partial charge in [0.2, 0.25) is 0 Å². The minimum Gasteiger partial charge on any atom is -1.00 e. The summed E-state index contributed by atoms with van der Waals surface area (Å²) in [5, 5.41) is 47.7. The summed E-state index contributed by atoms with van der Waals surface area (Å²) in [6.45, 7) is 9.83. The molecule has 0 saturated heterocycles. The second-order valence-corrected chi connectivity index (χ2v) is 27.1. The van der Waals surface area contributed by atoms with E-state index in [-0.39, 0.29) is 192 Å². The summed E-state index contributed by atoms with van der Waals surface area (Å²) in [6, 6.07) is 71.4. The van der Waals surface area contributed by atoms with Gasteiger partial charge in [-0.05, 0) is 227 Å². The number of aromatic hydroxyl groups is 2. The molecule has 0 aliphatic carbocycles. The van der Waals surface area contributed by atoms with Gasteiger partial charge in [0, 0.05) is 47.3 Å². The zero-order valence-electron chi connectivity index (χ0n) is 64.6. The van der Waals surface area contributed by atoms with Crippen LogP contribution in [0.5, 0.6) is 28.7 Å². The molecule has 4 N–H and O–H groups in total. The fourth-order valence-corrected chi connectivity index (χ4v) is 11.0. The van der Waals surface area contributed by atoms with Crippen molar-refractivity contribution in [3.63, 3.8) is 0 Å². The number of hydrogen-bond acceptors (Lipinski definition) is 10. The molecule has 0 aliphatic heterocycles. The first-order valence-electron chi connectivity index (χ1n) is 33.8. The summed E-state index contributed by atoms with van der Waals surface area (Å²) >= 11 is 10.1.